The van der Waals surface area contributed by atoms with Crippen LogP contribution < -0.4 is 5.32 Å². The molecule has 7 heteroatoms. The maximum absolute atomic E-state index is 12.6. The number of carbonyl (C=O) groups is 2. The first-order valence-corrected chi connectivity index (χ1v) is 10.5. The Kier molecular flexibility index (Phi) is 6.84. The average Bonchev–Trinajstić information content (AvgIpc) is 3.13. The molecule has 144 valence electrons. The molecule has 3 aromatic rings. The van der Waals surface area contributed by atoms with Crippen LogP contribution in [0, 0.1) is 0 Å². The molecule has 0 aliphatic heterocycles. The standard InChI is InChI=1S/C21H20N2O3S2/c1-3-12-22-19(24)14(2)26-20(25)16-9-5-4-8-15(16)13-27-21-23-17-10-6-7-11-18(17)28-21/h3-11,14H,1,12-13H2,2H3,(H,22,24)/t14-/m1/s1. The maximum atomic E-state index is 12.6. The fourth-order valence-corrected chi connectivity index (χ4v) is 4.56. The van der Waals surface area contributed by atoms with E-state index in [0.29, 0.717) is 17.9 Å². The largest absolute Gasteiger partial charge is 0.449 e. The fraction of sp³-hybridized carbons (Fsp3) is 0.190. The Morgan fingerprint density at radius 2 is 2.00 bits per heavy atom. The van der Waals surface area contributed by atoms with Crippen molar-refractivity contribution in [3.63, 3.8) is 0 Å². The Labute approximate surface area is 171 Å². The van der Waals surface area contributed by atoms with Crippen LogP contribution >= 0.6 is 23.1 Å². The predicted octanol–water partition coefficient (Wildman–Crippen LogP) is 4.44. The molecule has 0 fully saturated rings. The lowest BCUT2D eigenvalue weighted by molar-refractivity contribution is -0.128. The minimum absolute atomic E-state index is 0.329. The highest BCUT2D eigenvalue weighted by molar-refractivity contribution is 8.00. The van der Waals surface area contributed by atoms with Gasteiger partial charge in [-0.2, -0.15) is 0 Å². The van der Waals surface area contributed by atoms with Crippen molar-refractivity contribution in [2.24, 2.45) is 0 Å². The first-order valence-electron chi connectivity index (χ1n) is 8.74. The molecule has 0 saturated heterocycles. The van der Waals surface area contributed by atoms with E-state index in [4.69, 9.17) is 4.74 Å². The van der Waals surface area contributed by atoms with Crippen LogP contribution in [-0.2, 0) is 15.3 Å². The van der Waals surface area contributed by atoms with Gasteiger partial charge < -0.3 is 10.1 Å². The highest BCUT2D eigenvalue weighted by Crippen LogP contribution is 2.32. The van der Waals surface area contributed by atoms with Crippen LogP contribution in [0.25, 0.3) is 10.2 Å². The van der Waals surface area contributed by atoms with Crippen LogP contribution in [0.4, 0.5) is 0 Å². The number of benzene rings is 2. The van der Waals surface area contributed by atoms with Crippen LogP contribution in [0.2, 0.25) is 0 Å². The summed E-state index contributed by atoms with van der Waals surface area (Å²) in [5.74, 6) is -0.279. The Morgan fingerprint density at radius 1 is 1.25 bits per heavy atom. The van der Waals surface area contributed by atoms with E-state index in [-0.39, 0.29) is 5.91 Å². The van der Waals surface area contributed by atoms with Crippen LogP contribution in [-0.4, -0.2) is 29.5 Å². The van der Waals surface area contributed by atoms with Gasteiger partial charge in [0.15, 0.2) is 10.4 Å². The first kappa shape index (κ1) is 20.1. The summed E-state index contributed by atoms with van der Waals surface area (Å²) in [6.45, 7) is 5.42. The van der Waals surface area contributed by atoms with Crippen molar-refractivity contribution in [3.05, 3.63) is 72.3 Å². The Morgan fingerprint density at radius 3 is 2.79 bits per heavy atom. The van der Waals surface area contributed by atoms with Gasteiger partial charge in [0.1, 0.15) is 0 Å². The monoisotopic (exact) mass is 412 g/mol. The summed E-state index contributed by atoms with van der Waals surface area (Å²) in [5, 5.41) is 2.62. The number of aromatic nitrogens is 1. The van der Waals surface area contributed by atoms with Gasteiger partial charge in [-0.05, 0) is 30.7 Å². The topological polar surface area (TPSA) is 68.3 Å². The molecule has 1 aromatic heterocycles. The Hall–Kier alpha value is -2.64. The van der Waals surface area contributed by atoms with E-state index in [9.17, 15) is 9.59 Å². The fourth-order valence-electron chi connectivity index (χ4n) is 2.49. The molecule has 0 spiro atoms. The molecule has 28 heavy (non-hydrogen) atoms. The summed E-state index contributed by atoms with van der Waals surface area (Å²) in [7, 11) is 0. The summed E-state index contributed by atoms with van der Waals surface area (Å²) >= 11 is 3.20. The number of nitrogens with zero attached hydrogens (tertiary/aromatic N) is 1. The van der Waals surface area contributed by atoms with Crippen LogP contribution in [0.15, 0.2) is 65.5 Å². The van der Waals surface area contributed by atoms with Crippen LogP contribution in [0.3, 0.4) is 0 Å². The summed E-state index contributed by atoms with van der Waals surface area (Å²) < 4.78 is 7.41. The molecule has 0 unspecified atom stereocenters. The molecule has 1 heterocycles. The normalized spacial score (nSPS) is 11.8. The average molecular weight is 413 g/mol. The lowest BCUT2D eigenvalue weighted by Crippen LogP contribution is -2.36. The number of esters is 1. The third kappa shape index (κ3) is 4.99. The van der Waals surface area contributed by atoms with Gasteiger partial charge in [0.05, 0.1) is 15.8 Å². The zero-order chi connectivity index (χ0) is 19.9. The molecule has 1 N–H and O–H groups in total. The minimum Gasteiger partial charge on any atom is -0.449 e. The summed E-state index contributed by atoms with van der Waals surface area (Å²) in [4.78, 5) is 29.1. The van der Waals surface area contributed by atoms with Crippen molar-refractivity contribution < 1.29 is 14.3 Å². The van der Waals surface area contributed by atoms with E-state index in [1.54, 1.807) is 48.2 Å². The second-order valence-electron chi connectivity index (χ2n) is 5.97. The summed E-state index contributed by atoms with van der Waals surface area (Å²) in [6, 6.07) is 15.3. The molecule has 1 amide bonds. The summed E-state index contributed by atoms with van der Waals surface area (Å²) in [6.07, 6.45) is 0.693. The number of nitrogens with one attached hydrogen (secondary N) is 1. The van der Waals surface area contributed by atoms with E-state index in [2.05, 4.69) is 16.9 Å². The lowest BCUT2D eigenvalue weighted by atomic mass is 10.1. The third-order valence-corrected chi connectivity index (χ3v) is 6.16. The van der Waals surface area contributed by atoms with E-state index in [0.717, 1.165) is 20.1 Å². The van der Waals surface area contributed by atoms with E-state index >= 15 is 0 Å². The van der Waals surface area contributed by atoms with Crippen molar-refractivity contribution in [2.45, 2.75) is 23.1 Å². The molecule has 5 nitrogen and oxygen atoms in total. The number of hydrogen-bond acceptors (Lipinski definition) is 6. The van der Waals surface area contributed by atoms with E-state index in [1.165, 1.54) is 0 Å². The Bertz CT molecular complexity index is 967. The number of rotatable bonds is 8. The van der Waals surface area contributed by atoms with Gasteiger partial charge >= 0.3 is 5.97 Å². The Balaban J connectivity index is 1.67. The molecular weight excluding hydrogens is 392 g/mol. The SMILES string of the molecule is C=CCNC(=O)[C@@H](C)OC(=O)c1ccccc1CSc1nc2ccccc2s1. The molecule has 0 saturated carbocycles. The number of para-hydroxylation sites is 1. The van der Waals surface area contributed by atoms with Gasteiger partial charge in [-0.3, -0.25) is 4.79 Å². The van der Waals surface area contributed by atoms with Crippen molar-refractivity contribution in [3.8, 4) is 0 Å². The third-order valence-electron chi connectivity index (χ3n) is 3.94. The molecule has 2 aromatic carbocycles. The van der Waals surface area contributed by atoms with Gasteiger partial charge in [-0.25, -0.2) is 9.78 Å². The molecule has 0 radical (unpaired) electrons. The van der Waals surface area contributed by atoms with Gasteiger partial charge in [-0.15, -0.1) is 17.9 Å². The van der Waals surface area contributed by atoms with E-state index in [1.807, 2.05) is 36.4 Å². The van der Waals surface area contributed by atoms with Crippen molar-refractivity contribution in [1.29, 1.82) is 0 Å². The van der Waals surface area contributed by atoms with Crippen LogP contribution in [0.1, 0.15) is 22.8 Å². The highest BCUT2D eigenvalue weighted by atomic mass is 32.2. The number of fused-ring (bicyclic) bond motifs is 1. The number of thiazole rings is 1. The zero-order valence-corrected chi connectivity index (χ0v) is 17.0. The number of thioether (sulfide) groups is 1. The van der Waals surface area contributed by atoms with E-state index < -0.39 is 12.1 Å². The van der Waals surface area contributed by atoms with Crippen LogP contribution in [0.5, 0.6) is 0 Å². The van der Waals surface area contributed by atoms with Crippen molar-refractivity contribution >= 4 is 45.2 Å². The second-order valence-corrected chi connectivity index (χ2v) is 8.23. The predicted molar refractivity (Wildman–Crippen MR) is 114 cm³/mol. The second kappa shape index (κ2) is 9.52. The molecule has 3 rings (SSSR count). The zero-order valence-electron chi connectivity index (χ0n) is 15.4. The number of carbonyl (C=O) groups excluding carboxylic acids is 2. The minimum atomic E-state index is -0.877. The molecular formula is C21H20N2O3S2. The number of hydrogen-bond donors (Lipinski definition) is 1. The smallest absolute Gasteiger partial charge is 0.339 e. The van der Waals surface area contributed by atoms with Gasteiger partial charge in [0.25, 0.3) is 5.91 Å². The number of amides is 1. The molecule has 0 bridgehead atoms. The lowest BCUT2D eigenvalue weighted by Gasteiger charge is -2.14. The van der Waals surface area contributed by atoms with Gasteiger partial charge in [-0.1, -0.05) is 48.2 Å². The number of ether oxygens (including phenoxy) is 1. The highest BCUT2D eigenvalue weighted by Gasteiger charge is 2.20. The molecule has 0 aliphatic carbocycles. The van der Waals surface area contributed by atoms with Crippen molar-refractivity contribution in [1.82, 2.24) is 10.3 Å². The quantitative estimate of drug-likeness (QED) is 0.337. The first-order chi connectivity index (χ1) is 13.6. The maximum Gasteiger partial charge on any atom is 0.339 e. The van der Waals surface area contributed by atoms with Gasteiger partial charge in [0.2, 0.25) is 0 Å². The molecule has 1 atom stereocenters. The summed E-state index contributed by atoms with van der Waals surface area (Å²) in [5.41, 5.74) is 2.27. The molecule has 0 aliphatic rings. The van der Waals surface area contributed by atoms with Crippen molar-refractivity contribution in [2.75, 3.05) is 6.54 Å². The van der Waals surface area contributed by atoms with Gasteiger partial charge in [0, 0.05) is 12.3 Å².